The minimum Gasteiger partial charge on any atom is -0.393 e. The van der Waals surface area contributed by atoms with Crippen molar-refractivity contribution in [3.8, 4) is 0 Å². The summed E-state index contributed by atoms with van der Waals surface area (Å²) in [6.45, 7) is 5.71. The Balaban J connectivity index is 2.25. The maximum absolute atomic E-state index is 11.6. The molecule has 1 spiro atoms. The molecule has 0 bridgehead atoms. The van der Waals surface area contributed by atoms with E-state index in [2.05, 4.69) is 6.92 Å². The van der Waals surface area contributed by atoms with Crippen molar-refractivity contribution in [1.29, 1.82) is 0 Å². The average Bonchev–Trinajstić information content (AvgIpc) is 2.73. The number of rotatable bonds is 2. The summed E-state index contributed by atoms with van der Waals surface area (Å²) in [4.78, 5) is 11.6. The van der Waals surface area contributed by atoms with E-state index < -0.39 is 5.60 Å². The summed E-state index contributed by atoms with van der Waals surface area (Å²) >= 11 is 0. The zero-order chi connectivity index (χ0) is 13.6. The largest absolute Gasteiger partial charge is 0.393 e. The Bertz CT molecular complexity index is 383. The van der Waals surface area contributed by atoms with E-state index in [0.29, 0.717) is 12.3 Å². The molecule has 4 atom stereocenters. The second-order valence-electron chi connectivity index (χ2n) is 6.51. The van der Waals surface area contributed by atoms with Crippen molar-refractivity contribution in [3.05, 3.63) is 11.6 Å². The van der Waals surface area contributed by atoms with Gasteiger partial charge in [0, 0.05) is 6.42 Å². The van der Waals surface area contributed by atoms with Crippen molar-refractivity contribution in [2.24, 2.45) is 17.3 Å². The molecular weight excluding hydrogens is 228 g/mol. The highest BCUT2D eigenvalue weighted by Gasteiger charge is 2.50. The Morgan fingerprint density at radius 1 is 1.56 bits per heavy atom. The fourth-order valence-corrected chi connectivity index (χ4v) is 3.87. The van der Waals surface area contributed by atoms with Crippen LogP contribution in [-0.4, -0.2) is 28.2 Å². The zero-order valence-electron chi connectivity index (χ0n) is 11.6. The third kappa shape index (κ3) is 2.04. The van der Waals surface area contributed by atoms with Crippen LogP contribution in [-0.2, 0) is 4.79 Å². The van der Waals surface area contributed by atoms with Crippen LogP contribution in [0.25, 0.3) is 0 Å². The number of carbonyl (C=O) groups excluding carboxylic acids is 1. The van der Waals surface area contributed by atoms with Gasteiger partial charge in [-0.3, -0.25) is 4.79 Å². The lowest BCUT2D eigenvalue weighted by molar-refractivity contribution is -0.117. The third-order valence-corrected chi connectivity index (χ3v) is 5.36. The predicted octanol–water partition coefficient (Wildman–Crippen LogP) is 2.07. The SMILES string of the molecule is CC1=CC(=O)C[C@H](C)[C@]12CC[C@H]([C@](C)(O)CO)C2. The maximum atomic E-state index is 11.6. The van der Waals surface area contributed by atoms with Crippen molar-refractivity contribution in [2.75, 3.05) is 6.61 Å². The van der Waals surface area contributed by atoms with E-state index in [0.717, 1.165) is 19.3 Å². The van der Waals surface area contributed by atoms with Gasteiger partial charge in [-0.2, -0.15) is 0 Å². The molecule has 2 aliphatic carbocycles. The van der Waals surface area contributed by atoms with Crippen molar-refractivity contribution >= 4 is 5.78 Å². The molecule has 0 radical (unpaired) electrons. The molecule has 2 N–H and O–H groups in total. The highest BCUT2D eigenvalue weighted by atomic mass is 16.3. The van der Waals surface area contributed by atoms with Crippen LogP contribution in [0.15, 0.2) is 11.6 Å². The summed E-state index contributed by atoms with van der Waals surface area (Å²) in [5.74, 6) is 0.694. The van der Waals surface area contributed by atoms with E-state index in [1.54, 1.807) is 13.0 Å². The van der Waals surface area contributed by atoms with E-state index in [4.69, 9.17) is 0 Å². The quantitative estimate of drug-likeness (QED) is 0.791. The van der Waals surface area contributed by atoms with Crippen molar-refractivity contribution in [3.63, 3.8) is 0 Å². The van der Waals surface area contributed by atoms with E-state index >= 15 is 0 Å². The topological polar surface area (TPSA) is 57.5 Å². The van der Waals surface area contributed by atoms with Gasteiger partial charge in [0.25, 0.3) is 0 Å². The number of hydrogen-bond donors (Lipinski definition) is 2. The van der Waals surface area contributed by atoms with E-state index in [1.165, 1.54) is 5.57 Å². The van der Waals surface area contributed by atoms with Gasteiger partial charge in [0.05, 0.1) is 12.2 Å². The molecule has 0 unspecified atom stereocenters. The molecule has 2 aliphatic rings. The molecule has 0 aromatic heterocycles. The standard InChI is InChI=1S/C15H24O3/c1-10-6-13(17)7-11(2)15(10)5-4-12(8-15)14(3,18)9-16/h6,11-12,16,18H,4-5,7-9H2,1-3H3/t11-,12-,14+,15-/m0/s1. The lowest BCUT2D eigenvalue weighted by Gasteiger charge is -2.40. The van der Waals surface area contributed by atoms with E-state index in [-0.39, 0.29) is 23.7 Å². The highest BCUT2D eigenvalue weighted by molar-refractivity contribution is 5.91. The molecule has 3 nitrogen and oxygen atoms in total. The zero-order valence-corrected chi connectivity index (χ0v) is 11.6. The van der Waals surface area contributed by atoms with Crippen molar-refractivity contribution in [1.82, 2.24) is 0 Å². The van der Waals surface area contributed by atoms with Gasteiger partial charge in [-0.25, -0.2) is 0 Å². The molecule has 102 valence electrons. The van der Waals surface area contributed by atoms with Gasteiger partial charge in [-0.05, 0) is 56.4 Å². The average molecular weight is 252 g/mol. The number of ketones is 1. The Morgan fingerprint density at radius 2 is 2.22 bits per heavy atom. The minimum atomic E-state index is -0.995. The first-order chi connectivity index (χ1) is 8.32. The normalized spacial score (nSPS) is 39.8. The van der Waals surface area contributed by atoms with Gasteiger partial charge in [-0.15, -0.1) is 0 Å². The van der Waals surface area contributed by atoms with Crippen molar-refractivity contribution < 1.29 is 15.0 Å². The Kier molecular flexibility index (Phi) is 3.41. The van der Waals surface area contributed by atoms with Gasteiger partial charge >= 0.3 is 0 Å². The van der Waals surface area contributed by atoms with Crippen LogP contribution in [0.5, 0.6) is 0 Å². The minimum absolute atomic E-state index is 0.0672. The predicted molar refractivity (Wildman–Crippen MR) is 70.0 cm³/mol. The molecule has 1 fully saturated rings. The van der Waals surface area contributed by atoms with Gasteiger partial charge < -0.3 is 10.2 Å². The molecule has 0 saturated heterocycles. The molecule has 0 aromatic carbocycles. The molecule has 1 saturated carbocycles. The van der Waals surface area contributed by atoms with Gasteiger partial charge in [0.1, 0.15) is 0 Å². The van der Waals surface area contributed by atoms with Crippen LogP contribution >= 0.6 is 0 Å². The Morgan fingerprint density at radius 3 is 2.78 bits per heavy atom. The number of aliphatic hydroxyl groups excluding tert-OH is 1. The lowest BCUT2D eigenvalue weighted by Crippen LogP contribution is -2.39. The Hall–Kier alpha value is -0.670. The molecular formula is C15H24O3. The monoisotopic (exact) mass is 252 g/mol. The summed E-state index contributed by atoms with van der Waals surface area (Å²) in [6.07, 6.45) is 5.24. The van der Waals surface area contributed by atoms with Crippen LogP contribution < -0.4 is 0 Å². The first-order valence-electron chi connectivity index (χ1n) is 6.86. The second kappa shape index (κ2) is 4.46. The molecule has 0 heterocycles. The number of carbonyl (C=O) groups is 1. The number of allylic oxidation sites excluding steroid dienone is 2. The summed E-state index contributed by atoms with van der Waals surface area (Å²) in [6, 6.07) is 0. The lowest BCUT2D eigenvalue weighted by atomic mass is 9.64. The fourth-order valence-electron chi connectivity index (χ4n) is 3.87. The van der Waals surface area contributed by atoms with Crippen LogP contribution in [0.3, 0.4) is 0 Å². The van der Waals surface area contributed by atoms with E-state index in [9.17, 15) is 15.0 Å². The number of aliphatic hydroxyl groups is 2. The van der Waals surface area contributed by atoms with Crippen LogP contribution in [0.1, 0.15) is 46.5 Å². The molecule has 3 heteroatoms. The van der Waals surface area contributed by atoms with Crippen LogP contribution in [0.4, 0.5) is 0 Å². The molecule has 0 aromatic rings. The summed E-state index contributed by atoms with van der Waals surface area (Å²) < 4.78 is 0. The van der Waals surface area contributed by atoms with Gasteiger partial charge in [0.2, 0.25) is 0 Å². The smallest absolute Gasteiger partial charge is 0.155 e. The Labute approximate surface area is 109 Å². The van der Waals surface area contributed by atoms with Gasteiger partial charge in [-0.1, -0.05) is 12.5 Å². The summed E-state index contributed by atoms with van der Waals surface area (Å²) in [5.41, 5.74) is 0.241. The maximum Gasteiger partial charge on any atom is 0.155 e. The highest BCUT2D eigenvalue weighted by Crippen LogP contribution is 2.56. The van der Waals surface area contributed by atoms with Crippen LogP contribution in [0.2, 0.25) is 0 Å². The van der Waals surface area contributed by atoms with E-state index in [1.807, 2.05) is 6.92 Å². The fraction of sp³-hybridized carbons (Fsp3) is 0.800. The summed E-state index contributed by atoms with van der Waals surface area (Å²) in [5, 5.41) is 19.5. The molecule has 0 amide bonds. The third-order valence-electron chi connectivity index (χ3n) is 5.36. The molecule has 18 heavy (non-hydrogen) atoms. The first-order valence-corrected chi connectivity index (χ1v) is 6.86. The first kappa shape index (κ1) is 13.8. The summed E-state index contributed by atoms with van der Waals surface area (Å²) in [7, 11) is 0. The molecule has 2 rings (SSSR count). The molecule has 0 aliphatic heterocycles. The number of hydrogen-bond acceptors (Lipinski definition) is 3. The van der Waals surface area contributed by atoms with Crippen molar-refractivity contribution in [2.45, 2.75) is 52.1 Å². The second-order valence-corrected chi connectivity index (χ2v) is 6.51. The van der Waals surface area contributed by atoms with Gasteiger partial charge in [0.15, 0.2) is 5.78 Å². The van der Waals surface area contributed by atoms with Crippen LogP contribution in [0, 0.1) is 17.3 Å².